The van der Waals surface area contributed by atoms with Crippen LogP contribution in [0, 0.1) is 0 Å². The van der Waals surface area contributed by atoms with Crippen molar-refractivity contribution in [2.24, 2.45) is 5.73 Å². The number of carbonyl (C=O) groups excluding carboxylic acids is 1. The average molecular weight is 514 g/mol. The second-order valence-corrected chi connectivity index (χ2v) is 11.0. The second kappa shape index (κ2) is 10.1. The maximum absolute atomic E-state index is 13.6. The predicted molar refractivity (Wildman–Crippen MR) is 143 cm³/mol. The number of nitrogens with two attached hydrogens (primary N) is 1. The molecule has 0 amide bonds. The summed E-state index contributed by atoms with van der Waals surface area (Å²) in [7, 11) is -4.02. The molecule has 0 aliphatic carbocycles. The Morgan fingerprint density at radius 2 is 1.47 bits per heavy atom. The zero-order valence-electron chi connectivity index (χ0n) is 19.2. The summed E-state index contributed by atoms with van der Waals surface area (Å²) in [6.07, 6.45) is 0. The van der Waals surface area contributed by atoms with Gasteiger partial charge in [0.25, 0.3) is 0 Å². The van der Waals surface area contributed by atoms with Gasteiger partial charge in [0.15, 0.2) is 5.01 Å². The van der Waals surface area contributed by atoms with Crippen LogP contribution in [0.4, 0.5) is 0 Å². The number of Topliss-reactive ketones (excluding diaryl/α,β-unsaturated/α-hetero) is 1. The third-order valence-electron chi connectivity index (χ3n) is 5.86. The van der Waals surface area contributed by atoms with Gasteiger partial charge >= 0.3 is 0 Å². The number of ketones is 1. The Hall–Kier alpha value is -3.69. The van der Waals surface area contributed by atoms with Gasteiger partial charge in [-0.2, -0.15) is 4.72 Å². The van der Waals surface area contributed by atoms with Gasteiger partial charge in [-0.1, -0.05) is 78.9 Å². The van der Waals surface area contributed by atoms with E-state index in [1.807, 2.05) is 54.6 Å². The smallest absolute Gasteiger partial charge is 0.241 e. The zero-order chi connectivity index (χ0) is 25.1. The van der Waals surface area contributed by atoms with Crippen molar-refractivity contribution in [2.45, 2.75) is 17.5 Å². The number of fused-ring (bicyclic) bond motifs is 1. The molecule has 3 N–H and O–H groups in total. The lowest BCUT2D eigenvalue weighted by Crippen LogP contribution is -2.34. The van der Waals surface area contributed by atoms with Crippen molar-refractivity contribution in [2.75, 3.05) is 0 Å². The minimum Gasteiger partial charge on any atom is -0.326 e. The fourth-order valence-corrected chi connectivity index (χ4v) is 6.02. The van der Waals surface area contributed by atoms with Crippen LogP contribution in [0.3, 0.4) is 0 Å². The van der Waals surface area contributed by atoms with Crippen LogP contribution in [-0.2, 0) is 16.6 Å². The summed E-state index contributed by atoms with van der Waals surface area (Å²) in [4.78, 5) is 18.1. The van der Waals surface area contributed by atoms with Crippen molar-refractivity contribution >= 4 is 37.4 Å². The highest BCUT2D eigenvalue weighted by atomic mass is 32.2. The zero-order valence-corrected chi connectivity index (χ0v) is 20.8. The normalized spacial score (nSPS) is 12.5. The Morgan fingerprint density at radius 1 is 0.833 bits per heavy atom. The summed E-state index contributed by atoms with van der Waals surface area (Å²) >= 11 is 1.24. The Kier molecular flexibility index (Phi) is 6.75. The molecule has 0 bridgehead atoms. The molecular formula is C28H23N3O3S2. The number of para-hydroxylation sites is 1. The van der Waals surface area contributed by atoms with Gasteiger partial charge in [0.1, 0.15) is 6.04 Å². The first-order valence-corrected chi connectivity index (χ1v) is 13.6. The monoisotopic (exact) mass is 513 g/mol. The van der Waals surface area contributed by atoms with Crippen LogP contribution in [-0.4, -0.2) is 19.2 Å². The summed E-state index contributed by atoms with van der Waals surface area (Å²) in [6, 6.07) is 29.6. The van der Waals surface area contributed by atoms with Crippen LogP contribution in [0.2, 0.25) is 0 Å². The molecule has 0 saturated heterocycles. The van der Waals surface area contributed by atoms with E-state index in [0.29, 0.717) is 17.6 Å². The fourth-order valence-electron chi connectivity index (χ4n) is 3.90. The minimum absolute atomic E-state index is 0.0721. The number of nitrogens with one attached hydrogen (secondary N) is 1. The lowest BCUT2D eigenvalue weighted by molar-refractivity contribution is 0.0953. The number of carbonyl (C=O) groups is 1. The van der Waals surface area contributed by atoms with E-state index in [1.54, 1.807) is 48.5 Å². The number of aromatic nitrogens is 1. The lowest BCUT2D eigenvalue weighted by Gasteiger charge is -2.18. The highest BCUT2D eigenvalue weighted by Crippen LogP contribution is 2.28. The molecule has 36 heavy (non-hydrogen) atoms. The number of hydrogen-bond acceptors (Lipinski definition) is 6. The Balaban J connectivity index is 1.49. The van der Waals surface area contributed by atoms with Crippen LogP contribution in [0.25, 0.3) is 21.3 Å². The molecule has 8 heteroatoms. The molecule has 0 saturated carbocycles. The number of nitrogens with zero attached hydrogens (tertiary/aromatic N) is 1. The van der Waals surface area contributed by atoms with Crippen LogP contribution in [0.15, 0.2) is 108 Å². The Bertz CT molecular complexity index is 1580. The largest absolute Gasteiger partial charge is 0.326 e. The van der Waals surface area contributed by atoms with E-state index >= 15 is 0 Å². The molecule has 1 atom stereocenters. The van der Waals surface area contributed by atoms with Gasteiger partial charge in [-0.05, 0) is 46.5 Å². The molecule has 6 nitrogen and oxygen atoms in total. The van der Waals surface area contributed by atoms with Crippen molar-refractivity contribution in [1.82, 2.24) is 9.71 Å². The van der Waals surface area contributed by atoms with Gasteiger partial charge in [-0.15, -0.1) is 11.3 Å². The maximum atomic E-state index is 13.6. The van der Waals surface area contributed by atoms with Crippen molar-refractivity contribution in [3.8, 4) is 11.1 Å². The van der Waals surface area contributed by atoms with Gasteiger partial charge < -0.3 is 5.73 Å². The average Bonchev–Trinajstić information content (AvgIpc) is 3.37. The number of benzene rings is 4. The second-order valence-electron chi connectivity index (χ2n) is 8.24. The number of hydrogen-bond donors (Lipinski definition) is 2. The third kappa shape index (κ3) is 4.98. The molecule has 1 aromatic heterocycles. The highest BCUT2D eigenvalue weighted by Gasteiger charge is 2.30. The first-order valence-electron chi connectivity index (χ1n) is 11.3. The first kappa shape index (κ1) is 24.0. The van der Waals surface area contributed by atoms with E-state index < -0.39 is 21.8 Å². The molecule has 4 aromatic carbocycles. The molecule has 1 unspecified atom stereocenters. The molecule has 0 spiro atoms. The van der Waals surface area contributed by atoms with E-state index in [2.05, 4.69) is 9.71 Å². The van der Waals surface area contributed by atoms with E-state index in [0.717, 1.165) is 21.4 Å². The van der Waals surface area contributed by atoms with Crippen molar-refractivity contribution < 1.29 is 13.2 Å². The van der Waals surface area contributed by atoms with E-state index in [1.165, 1.54) is 11.3 Å². The summed E-state index contributed by atoms with van der Waals surface area (Å²) in [6.45, 7) is 0.344. The quantitative estimate of drug-likeness (QED) is 0.273. The Morgan fingerprint density at radius 3 is 2.14 bits per heavy atom. The van der Waals surface area contributed by atoms with Crippen molar-refractivity contribution in [3.63, 3.8) is 0 Å². The first-order chi connectivity index (χ1) is 17.4. The van der Waals surface area contributed by atoms with Crippen LogP contribution < -0.4 is 10.5 Å². The molecule has 5 aromatic rings. The van der Waals surface area contributed by atoms with Crippen LogP contribution >= 0.6 is 11.3 Å². The van der Waals surface area contributed by atoms with E-state index in [9.17, 15) is 13.2 Å². The molecule has 0 aliphatic rings. The minimum atomic E-state index is -4.02. The number of sulfonamides is 1. The van der Waals surface area contributed by atoms with Gasteiger partial charge in [0, 0.05) is 6.54 Å². The SMILES string of the molecule is NCc1ccc(C(NS(=O)(=O)c2ccc(-c3ccccc3)cc2)C(=O)c2nc3ccccc3s2)cc1. The van der Waals surface area contributed by atoms with Gasteiger partial charge in [-0.3, -0.25) is 4.79 Å². The number of thiazole rings is 1. The topological polar surface area (TPSA) is 102 Å². The predicted octanol–water partition coefficient (Wildman–Crippen LogP) is 5.32. The van der Waals surface area contributed by atoms with Crippen molar-refractivity contribution in [3.05, 3.63) is 119 Å². The molecule has 180 valence electrons. The van der Waals surface area contributed by atoms with Gasteiger partial charge in [0.2, 0.25) is 15.8 Å². The summed E-state index contributed by atoms with van der Waals surface area (Å²) in [5.41, 5.74) is 9.69. The standard InChI is InChI=1S/C28H23N3O3S2/c29-18-19-10-12-22(13-11-19)26(27(32)28-30-24-8-4-5-9-25(24)35-28)31-36(33,34)23-16-14-21(15-17-23)20-6-2-1-3-7-20/h1-17,26,31H,18,29H2. The third-order valence-corrected chi connectivity index (χ3v) is 8.35. The maximum Gasteiger partial charge on any atom is 0.241 e. The molecule has 1 heterocycles. The molecule has 5 rings (SSSR count). The number of rotatable bonds is 8. The Labute approximate surface area is 213 Å². The van der Waals surface area contributed by atoms with Crippen molar-refractivity contribution in [1.29, 1.82) is 0 Å². The molecule has 0 radical (unpaired) electrons. The fraction of sp³-hybridized carbons (Fsp3) is 0.0714. The summed E-state index contributed by atoms with van der Waals surface area (Å²) in [5.74, 6) is -0.416. The van der Waals surface area contributed by atoms with Gasteiger partial charge in [0.05, 0.1) is 15.1 Å². The lowest BCUT2D eigenvalue weighted by atomic mass is 10.0. The van der Waals surface area contributed by atoms with Gasteiger partial charge in [-0.25, -0.2) is 13.4 Å². The highest BCUT2D eigenvalue weighted by molar-refractivity contribution is 7.89. The molecular weight excluding hydrogens is 490 g/mol. The summed E-state index contributed by atoms with van der Waals surface area (Å²) in [5, 5.41) is 0.242. The van der Waals surface area contributed by atoms with E-state index in [4.69, 9.17) is 5.73 Å². The molecule has 0 fully saturated rings. The van der Waals surface area contributed by atoms with Crippen LogP contribution in [0.1, 0.15) is 27.0 Å². The van der Waals surface area contributed by atoms with E-state index in [-0.39, 0.29) is 9.90 Å². The molecule has 0 aliphatic heterocycles. The van der Waals surface area contributed by atoms with Crippen LogP contribution in [0.5, 0.6) is 0 Å². The summed E-state index contributed by atoms with van der Waals surface area (Å²) < 4.78 is 30.3.